The predicted octanol–water partition coefficient (Wildman–Crippen LogP) is 0.367. The van der Waals surface area contributed by atoms with Gasteiger partial charge in [0.25, 0.3) is 11.5 Å². The van der Waals surface area contributed by atoms with E-state index in [-0.39, 0.29) is 0 Å². The molecule has 0 aliphatic heterocycles. The summed E-state index contributed by atoms with van der Waals surface area (Å²) in [7, 11) is 1.48. The Kier molecular flexibility index (Phi) is 3.66. The highest BCUT2D eigenvalue weighted by atomic mass is 16.4. The Morgan fingerprint density at radius 3 is 2.62 bits per heavy atom. The largest absolute Gasteiger partial charge is 0.506 e. The predicted molar refractivity (Wildman–Crippen MR) is 75.6 cm³/mol. The molecule has 0 radical (unpaired) electrons. The first-order valence-corrected chi connectivity index (χ1v) is 6.15. The molecule has 0 bridgehead atoms. The van der Waals surface area contributed by atoms with E-state index >= 15 is 0 Å². The zero-order valence-electron chi connectivity index (χ0n) is 11.5. The Labute approximate surface area is 119 Å². The van der Waals surface area contributed by atoms with Gasteiger partial charge in [0.05, 0.1) is 5.52 Å². The average molecular weight is 290 g/mol. The number of hydrogen-bond donors (Lipinski definition) is 3. The molecule has 0 unspecified atom stereocenters. The smallest absolute Gasteiger partial charge is 0.322 e. The van der Waals surface area contributed by atoms with Crippen LogP contribution in [0.25, 0.3) is 10.9 Å². The number of aromatic nitrogens is 1. The van der Waals surface area contributed by atoms with Crippen LogP contribution in [0.15, 0.2) is 23.0 Å². The maximum atomic E-state index is 12.2. The first kappa shape index (κ1) is 14.6. The SMILES string of the molecule is Cc1ccc2c(c1)c(O)c(C(=O)NCC(=O)O)c(=O)n2C. The van der Waals surface area contributed by atoms with Crippen molar-refractivity contribution in [2.24, 2.45) is 7.05 Å². The Bertz CT molecular complexity index is 807. The molecule has 0 saturated carbocycles. The summed E-state index contributed by atoms with van der Waals surface area (Å²) in [6.07, 6.45) is 0. The minimum Gasteiger partial charge on any atom is -0.506 e. The molecule has 2 aromatic rings. The number of pyridine rings is 1. The molecule has 3 N–H and O–H groups in total. The van der Waals surface area contributed by atoms with Crippen LogP contribution < -0.4 is 10.9 Å². The molecule has 0 fully saturated rings. The summed E-state index contributed by atoms with van der Waals surface area (Å²) in [4.78, 5) is 34.6. The van der Waals surface area contributed by atoms with E-state index in [1.54, 1.807) is 18.2 Å². The van der Waals surface area contributed by atoms with Crippen molar-refractivity contribution < 1.29 is 19.8 Å². The van der Waals surface area contributed by atoms with E-state index in [1.807, 2.05) is 6.92 Å². The van der Waals surface area contributed by atoms with Gasteiger partial charge in [0.1, 0.15) is 17.9 Å². The van der Waals surface area contributed by atoms with Crippen molar-refractivity contribution in [3.05, 3.63) is 39.7 Å². The van der Waals surface area contributed by atoms with Crippen LogP contribution in [-0.2, 0) is 11.8 Å². The number of nitrogens with one attached hydrogen (secondary N) is 1. The van der Waals surface area contributed by atoms with E-state index in [9.17, 15) is 19.5 Å². The first-order chi connectivity index (χ1) is 9.82. The van der Waals surface area contributed by atoms with Crippen molar-refractivity contribution in [3.8, 4) is 5.75 Å². The molecule has 1 aromatic carbocycles. The van der Waals surface area contributed by atoms with Gasteiger partial charge in [-0.15, -0.1) is 0 Å². The van der Waals surface area contributed by atoms with Gasteiger partial charge < -0.3 is 20.1 Å². The fourth-order valence-electron chi connectivity index (χ4n) is 2.09. The lowest BCUT2D eigenvalue weighted by molar-refractivity contribution is -0.135. The van der Waals surface area contributed by atoms with Crippen LogP contribution in [0.3, 0.4) is 0 Å². The summed E-state index contributed by atoms with van der Waals surface area (Å²) in [5, 5.41) is 21.2. The van der Waals surface area contributed by atoms with Crippen molar-refractivity contribution in [3.63, 3.8) is 0 Å². The molecule has 7 nitrogen and oxygen atoms in total. The maximum absolute atomic E-state index is 12.2. The molecule has 1 aromatic heterocycles. The number of nitrogens with zero attached hydrogens (tertiary/aromatic N) is 1. The number of aromatic hydroxyl groups is 1. The summed E-state index contributed by atoms with van der Waals surface area (Å²) in [5.41, 5.74) is 0.190. The quantitative estimate of drug-likeness (QED) is 0.756. The van der Waals surface area contributed by atoms with E-state index in [1.165, 1.54) is 11.6 Å². The van der Waals surface area contributed by atoms with Crippen LogP contribution in [0.1, 0.15) is 15.9 Å². The molecule has 0 atom stereocenters. The van der Waals surface area contributed by atoms with Crippen molar-refractivity contribution in [2.45, 2.75) is 6.92 Å². The number of benzene rings is 1. The number of fused-ring (bicyclic) bond motifs is 1. The third-order valence-electron chi connectivity index (χ3n) is 3.15. The number of carboxylic acid groups (broad SMARTS) is 1. The molecule has 0 saturated heterocycles. The van der Waals surface area contributed by atoms with Crippen LogP contribution in [0, 0.1) is 6.92 Å². The van der Waals surface area contributed by atoms with Gasteiger partial charge in [-0.1, -0.05) is 11.6 Å². The second kappa shape index (κ2) is 5.28. The highest BCUT2D eigenvalue weighted by Crippen LogP contribution is 2.26. The van der Waals surface area contributed by atoms with Gasteiger partial charge in [0.15, 0.2) is 0 Å². The third kappa shape index (κ3) is 2.58. The van der Waals surface area contributed by atoms with Gasteiger partial charge >= 0.3 is 5.97 Å². The number of aliphatic carboxylic acids is 1. The van der Waals surface area contributed by atoms with Crippen LogP contribution >= 0.6 is 0 Å². The van der Waals surface area contributed by atoms with Crippen molar-refractivity contribution in [1.82, 2.24) is 9.88 Å². The number of hydrogen-bond acceptors (Lipinski definition) is 4. The number of aryl methyl sites for hydroxylation is 2. The zero-order chi connectivity index (χ0) is 15.7. The molecule has 1 amide bonds. The second-order valence-electron chi connectivity index (χ2n) is 4.68. The highest BCUT2D eigenvalue weighted by Gasteiger charge is 2.21. The molecule has 0 aliphatic carbocycles. The number of carbonyl (C=O) groups is 2. The molecule has 2 rings (SSSR count). The van der Waals surface area contributed by atoms with E-state index < -0.39 is 35.3 Å². The first-order valence-electron chi connectivity index (χ1n) is 6.15. The normalized spacial score (nSPS) is 10.6. The Morgan fingerprint density at radius 1 is 1.33 bits per heavy atom. The summed E-state index contributed by atoms with van der Waals surface area (Å²) in [6, 6.07) is 5.11. The molecular formula is C14H14N2O5. The number of amides is 1. The summed E-state index contributed by atoms with van der Waals surface area (Å²) >= 11 is 0. The molecule has 0 spiro atoms. The van der Waals surface area contributed by atoms with Crippen molar-refractivity contribution in [2.75, 3.05) is 6.54 Å². The lowest BCUT2D eigenvalue weighted by Gasteiger charge is -2.12. The zero-order valence-corrected chi connectivity index (χ0v) is 11.5. The Hall–Kier alpha value is -2.83. The van der Waals surface area contributed by atoms with Gasteiger partial charge in [-0.25, -0.2) is 0 Å². The highest BCUT2D eigenvalue weighted by molar-refractivity contribution is 6.03. The second-order valence-corrected chi connectivity index (χ2v) is 4.68. The fraction of sp³-hybridized carbons (Fsp3) is 0.214. The van der Waals surface area contributed by atoms with Gasteiger partial charge in [-0.05, 0) is 19.1 Å². The molecule has 7 heteroatoms. The monoisotopic (exact) mass is 290 g/mol. The van der Waals surface area contributed by atoms with Gasteiger partial charge in [0.2, 0.25) is 0 Å². The Balaban J connectivity index is 2.66. The van der Waals surface area contributed by atoms with E-state index in [2.05, 4.69) is 5.32 Å². The lowest BCUT2D eigenvalue weighted by Crippen LogP contribution is -2.35. The summed E-state index contributed by atoms with van der Waals surface area (Å²) < 4.78 is 1.24. The molecule has 110 valence electrons. The number of rotatable bonds is 3. The van der Waals surface area contributed by atoms with E-state index in [0.717, 1.165) is 5.56 Å². The van der Waals surface area contributed by atoms with Gasteiger partial charge in [0, 0.05) is 12.4 Å². The topological polar surface area (TPSA) is 109 Å². The van der Waals surface area contributed by atoms with Crippen LogP contribution in [0.5, 0.6) is 5.75 Å². The number of carbonyl (C=O) groups excluding carboxylic acids is 1. The minimum absolute atomic E-state index is 0.359. The van der Waals surface area contributed by atoms with Crippen LogP contribution in [-0.4, -0.2) is 33.2 Å². The van der Waals surface area contributed by atoms with Crippen LogP contribution in [0.2, 0.25) is 0 Å². The van der Waals surface area contributed by atoms with E-state index in [4.69, 9.17) is 5.11 Å². The lowest BCUT2D eigenvalue weighted by atomic mass is 10.1. The minimum atomic E-state index is -1.24. The Morgan fingerprint density at radius 2 is 2.00 bits per heavy atom. The van der Waals surface area contributed by atoms with E-state index in [0.29, 0.717) is 10.9 Å². The average Bonchev–Trinajstić information content (AvgIpc) is 2.43. The van der Waals surface area contributed by atoms with Crippen molar-refractivity contribution in [1.29, 1.82) is 0 Å². The number of carboxylic acids is 1. The molecule has 0 aliphatic rings. The molecule has 21 heavy (non-hydrogen) atoms. The molecule has 1 heterocycles. The van der Waals surface area contributed by atoms with Crippen molar-refractivity contribution >= 4 is 22.8 Å². The fourth-order valence-corrected chi connectivity index (χ4v) is 2.09. The summed E-state index contributed by atoms with van der Waals surface area (Å²) in [5.74, 6) is -2.60. The maximum Gasteiger partial charge on any atom is 0.322 e. The standard InChI is InChI=1S/C14H14N2O5/c1-7-3-4-9-8(5-7)12(19)11(14(21)16(9)2)13(20)15-6-10(17)18/h3-5,19H,6H2,1-2H3,(H,15,20)(H,17,18). The van der Waals surface area contributed by atoms with Crippen LogP contribution in [0.4, 0.5) is 0 Å². The third-order valence-corrected chi connectivity index (χ3v) is 3.15. The van der Waals surface area contributed by atoms with Gasteiger partial charge in [-0.3, -0.25) is 14.4 Å². The van der Waals surface area contributed by atoms with Gasteiger partial charge in [-0.2, -0.15) is 0 Å². The summed E-state index contributed by atoms with van der Waals surface area (Å²) in [6.45, 7) is 1.18. The molecular weight excluding hydrogens is 276 g/mol.